The molecule has 0 radical (unpaired) electrons. The molecule has 2 aromatic rings. The lowest BCUT2D eigenvalue weighted by Crippen LogP contribution is -2.55. The zero-order valence-corrected chi connectivity index (χ0v) is 17.0. The van der Waals surface area contributed by atoms with Crippen molar-refractivity contribution in [2.45, 2.75) is 45.1 Å². The first kappa shape index (κ1) is 17.9. The quantitative estimate of drug-likeness (QED) is 0.821. The van der Waals surface area contributed by atoms with Crippen molar-refractivity contribution in [3.05, 3.63) is 47.4 Å². The second-order valence-electron chi connectivity index (χ2n) is 8.53. The Kier molecular flexibility index (Phi) is 4.93. The Morgan fingerprint density at radius 1 is 0.893 bits per heavy atom. The topological polar surface area (TPSA) is 35.5 Å². The number of fused-ring (bicyclic) bond motifs is 1. The molecule has 0 saturated carbocycles. The van der Waals surface area contributed by atoms with E-state index in [1.807, 2.05) is 0 Å². The number of hydrogen-bond donors (Lipinski definition) is 0. The van der Waals surface area contributed by atoms with E-state index in [9.17, 15) is 0 Å². The molecule has 1 atom stereocenters. The largest absolute Gasteiger partial charge is 0.369 e. The number of benzene rings is 1. The second-order valence-corrected chi connectivity index (χ2v) is 8.53. The van der Waals surface area contributed by atoms with Crippen molar-refractivity contribution in [3.8, 4) is 0 Å². The molecule has 148 valence electrons. The summed E-state index contributed by atoms with van der Waals surface area (Å²) >= 11 is 0. The molecule has 5 rings (SSSR count). The molecule has 3 aliphatic rings. The van der Waals surface area contributed by atoms with Crippen molar-refractivity contribution in [3.63, 3.8) is 0 Å². The van der Waals surface area contributed by atoms with Crippen molar-refractivity contribution in [1.29, 1.82) is 0 Å². The van der Waals surface area contributed by atoms with Crippen LogP contribution in [0.25, 0.3) is 0 Å². The molecule has 1 aliphatic carbocycles. The average Bonchev–Trinajstić information content (AvgIpc) is 3.23. The zero-order valence-electron chi connectivity index (χ0n) is 17.0. The SMILES string of the molecule is Cc1ccccc1N1CCN([C@H]2CCCN(c3ncnc4c3CCC4)C2)CC1. The first-order valence-electron chi connectivity index (χ1n) is 10.9. The van der Waals surface area contributed by atoms with E-state index in [2.05, 4.69) is 50.9 Å². The Hall–Kier alpha value is -2.14. The number of aryl methyl sites for hydroxylation is 2. The lowest BCUT2D eigenvalue weighted by molar-refractivity contribution is 0.166. The number of piperidine rings is 1. The molecule has 0 amide bonds. The van der Waals surface area contributed by atoms with Gasteiger partial charge in [-0.15, -0.1) is 0 Å². The van der Waals surface area contributed by atoms with E-state index in [0.717, 1.165) is 52.1 Å². The van der Waals surface area contributed by atoms with Gasteiger partial charge < -0.3 is 9.80 Å². The highest BCUT2D eigenvalue weighted by atomic mass is 15.3. The number of para-hydroxylation sites is 1. The van der Waals surface area contributed by atoms with Gasteiger partial charge in [0.1, 0.15) is 12.1 Å². The van der Waals surface area contributed by atoms with Crippen LogP contribution in [0.3, 0.4) is 0 Å². The Bertz CT molecular complexity index is 827. The maximum atomic E-state index is 4.70. The van der Waals surface area contributed by atoms with E-state index in [-0.39, 0.29) is 0 Å². The van der Waals surface area contributed by atoms with Crippen LogP contribution in [0.5, 0.6) is 0 Å². The van der Waals surface area contributed by atoms with Gasteiger partial charge in [0.05, 0.1) is 0 Å². The van der Waals surface area contributed by atoms with Crippen LogP contribution in [-0.4, -0.2) is 60.2 Å². The zero-order chi connectivity index (χ0) is 18.9. The van der Waals surface area contributed by atoms with Gasteiger partial charge in [-0.3, -0.25) is 4.90 Å². The van der Waals surface area contributed by atoms with Crippen LogP contribution in [0.2, 0.25) is 0 Å². The van der Waals surface area contributed by atoms with Crippen LogP contribution in [0, 0.1) is 6.92 Å². The molecule has 0 unspecified atom stereocenters. The van der Waals surface area contributed by atoms with Gasteiger partial charge in [-0.05, 0) is 50.7 Å². The molecule has 1 aromatic carbocycles. The van der Waals surface area contributed by atoms with Crippen LogP contribution in [0.1, 0.15) is 36.1 Å². The molecule has 3 heterocycles. The summed E-state index contributed by atoms with van der Waals surface area (Å²) in [4.78, 5) is 17.1. The summed E-state index contributed by atoms with van der Waals surface area (Å²) in [6, 6.07) is 9.44. The van der Waals surface area contributed by atoms with Gasteiger partial charge in [-0.25, -0.2) is 9.97 Å². The minimum absolute atomic E-state index is 0.653. The predicted molar refractivity (Wildman–Crippen MR) is 114 cm³/mol. The average molecular weight is 378 g/mol. The van der Waals surface area contributed by atoms with Crippen LogP contribution in [-0.2, 0) is 12.8 Å². The summed E-state index contributed by atoms with van der Waals surface area (Å²) in [5.41, 5.74) is 5.51. The highest BCUT2D eigenvalue weighted by Gasteiger charge is 2.30. The molecule has 2 aliphatic heterocycles. The Balaban J connectivity index is 1.24. The summed E-state index contributed by atoms with van der Waals surface area (Å²) in [7, 11) is 0. The lowest BCUT2D eigenvalue weighted by Gasteiger charge is -2.44. The Labute approximate surface area is 168 Å². The van der Waals surface area contributed by atoms with E-state index in [0.29, 0.717) is 6.04 Å². The van der Waals surface area contributed by atoms with Gasteiger partial charge in [0.2, 0.25) is 0 Å². The van der Waals surface area contributed by atoms with Crippen LogP contribution < -0.4 is 9.80 Å². The molecule has 5 heteroatoms. The normalized spacial score (nSPS) is 23.1. The highest BCUT2D eigenvalue weighted by Crippen LogP contribution is 2.31. The molecule has 0 bridgehead atoms. The molecule has 1 aromatic heterocycles. The summed E-state index contributed by atoms with van der Waals surface area (Å²) in [5, 5.41) is 0. The van der Waals surface area contributed by atoms with Crippen molar-refractivity contribution in [2.75, 3.05) is 49.1 Å². The molecule has 2 saturated heterocycles. The first-order valence-corrected chi connectivity index (χ1v) is 10.9. The van der Waals surface area contributed by atoms with Gasteiger partial charge >= 0.3 is 0 Å². The van der Waals surface area contributed by atoms with Gasteiger partial charge in [0.15, 0.2) is 0 Å². The van der Waals surface area contributed by atoms with Crippen molar-refractivity contribution < 1.29 is 0 Å². The third-order valence-corrected chi connectivity index (χ3v) is 6.84. The van der Waals surface area contributed by atoms with Crippen molar-refractivity contribution in [1.82, 2.24) is 14.9 Å². The molecule has 0 spiro atoms. The number of nitrogens with zero attached hydrogens (tertiary/aromatic N) is 5. The maximum absolute atomic E-state index is 4.70. The van der Waals surface area contributed by atoms with Gasteiger partial charge in [0, 0.05) is 62.3 Å². The van der Waals surface area contributed by atoms with Gasteiger partial charge in [0.25, 0.3) is 0 Å². The van der Waals surface area contributed by atoms with E-state index in [1.165, 1.54) is 47.6 Å². The first-order chi connectivity index (χ1) is 13.8. The number of anilines is 2. The fourth-order valence-electron chi connectivity index (χ4n) is 5.31. The van der Waals surface area contributed by atoms with Crippen molar-refractivity contribution >= 4 is 11.5 Å². The van der Waals surface area contributed by atoms with Crippen LogP contribution >= 0.6 is 0 Å². The maximum Gasteiger partial charge on any atom is 0.135 e. The highest BCUT2D eigenvalue weighted by molar-refractivity contribution is 5.53. The minimum Gasteiger partial charge on any atom is -0.369 e. The molecule has 0 N–H and O–H groups in total. The lowest BCUT2D eigenvalue weighted by atomic mass is 10.0. The molecule has 2 fully saturated rings. The number of piperazine rings is 1. The number of hydrogen-bond acceptors (Lipinski definition) is 5. The fraction of sp³-hybridized carbons (Fsp3) is 0.565. The van der Waals surface area contributed by atoms with Gasteiger partial charge in [-0.2, -0.15) is 0 Å². The summed E-state index contributed by atoms with van der Waals surface area (Å²) in [6.07, 6.45) is 7.88. The molecule has 28 heavy (non-hydrogen) atoms. The summed E-state index contributed by atoms with van der Waals surface area (Å²) in [5.74, 6) is 1.23. The smallest absolute Gasteiger partial charge is 0.135 e. The summed E-state index contributed by atoms with van der Waals surface area (Å²) < 4.78 is 0. The van der Waals surface area contributed by atoms with Crippen LogP contribution in [0.15, 0.2) is 30.6 Å². The second kappa shape index (κ2) is 7.70. The van der Waals surface area contributed by atoms with E-state index in [4.69, 9.17) is 4.98 Å². The Morgan fingerprint density at radius 3 is 2.61 bits per heavy atom. The van der Waals surface area contributed by atoms with Crippen LogP contribution in [0.4, 0.5) is 11.5 Å². The molecular weight excluding hydrogens is 346 g/mol. The monoisotopic (exact) mass is 377 g/mol. The third-order valence-electron chi connectivity index (χ3n) is 6.84. The molecular formula is C23H31N5. The minimum atomic E-state index is 0.653. The fourth-order valence-corrected chi connectivity index (χ4v) is 5.31. The summed E-state index contributed by atoms with van der Waals surface area (Å²) in [6.45, 7) is 9.07. The van der Waals surface area contributed by atoms with E-state index < -0.39 is 0 Å². The predicted octanol–water partition coefficient (Wildman–Crippen LogP) is 3.06. The van der Waals surface area contributed by atoms with E-state index in [1.54, 1.807) is 6.33 Å². The Morgan fingerprint density at radius 2 is 1.75 bits per heavy atom. The van der Waals surface area contributed by atoms with Crippen molar-refractivity contribution in [2.24, 2.45) is 0 Å². The number of rotatable bonds is 3. The third kappa shape index (κ3) is 3.37. The standard InChI is InChI=1S/C23H31N5/c1-18-6-2-3-10-22(18)27-14-12-26(13-15-27)19-7-5-11-28(16-19)23-20-8-4-9-21(20)24-17-25-23/h2-3,6,10,17,19H,4-5,7-9,11-16H2,1H3/t19-/m0/s1. The van der Waals surface area contributed by atoms with Gasteiger partial charge in [-0.1, -0.05) is 18.2 Å². The number of aromatic nitrogens is 2. The molecule has 5 nitrogen and oxygen atoms in total. The van der Waals surface area contributed by atoms with E-state index >= 15 is 0 Å².